The molecule has 1 heterocycles. The molecule has 0 unspecified atom stereocenters. The van der Waals surface area contributed by atoms with Gasteiger partial charge in [0.15, 0.2) is 0 Å². The summed E-state index contributed by atoms with van der Waals surface area (Å²) in [6.45, 7) is 0. The van der Waals surface area contributed by atoms with Crippen molar-refractivity contribution in [2.75, 3.05) is 0 Å². The molecule has 0 N–H and O–H groups in total. The SMILES string of the molecule is Fc1ccc(-n2cnc(CBr)c2)cc1C(F)(F)F. The number of aromatic nitrogens is 2. The van der Waals surface area contributed by atoms with Crippen LogP contribution in [0.3, 0.4) is 0 Å². The highest BCUT2D eigenvalue weighted by atomic mass is 79.9. The van der Waals surface area contributed by atoms with Gasteiger partial charge in [0.2, 0.25) is 0 Å². The van der Waals surface area contributed by atoms with Crippen molar-refractivity contribution >= 4 is 15.9 Å². The summed E-state index contributed by atoms with van der Waals surface area (Å²) in [5.41, 5.74) is -0.398. The van der Waals surface area contributed by atoms with Crippen LogP contribution in [-0.2, 0) is 11.5 Å². The van der Waals surface area contributed by atoms with E-state index in [1.165, 1.54) is 17.0 Å². The average Bonchev–Trinajstić information content (AvgIpc) is 2.76. The Labute approximate surface area is 108 Å². The number of benzene rings is 1. The predicted octanol–water partition coefficient (Wildman–Crippen LogP) is 3.93. The second-order valence-corrected chi connectivity index (χ2v) is 4.13. The van der Waals surface area contributed by atoms with Gasteiger partial charge in [-0.25, -0.2) is 9.37 Å². The van der Waals surface area contributed by atoms with E-state index in [4.69, 9.17) is 0 Å². The predicted molar refractivity (Wildman–Crippen MR) is 61.2 cm³/mol. The molecule has 1 aromatic heterocycles. The topological polar surface area (TPSA) is 17.8 Å². The van der Waals surface area contributed by atoms with Crippen LogP contribution in [0.1, 0.15) is 11.3 Å². The first-order chi connectivity index (χ1) is 8.41. The fourth-order valence-electron chi connectivity index (χ4n) is 1.46. The standard InChI is InChI=1S/C11H7BrF4N2/c12-4-7-5-18(6-17-7)8-1-2-10(13)9(3-8)11(14,15)16/h1-3,5-6H,4H2. The highest BCUT2D eigenvalue weighted by Crippen LogP contribution is 2.32. The lowest BCUT2D eigenvalue weighted by Crippen LogP contribution is -2.09. The second kappa shape index (κ2) is 4.72. The molecule has 0 amide bonds. The largest absolute Gasteiger partial charge is 0.419 e. The summed E-state index contributed by atoms with van der Waals surface area (Å²) in [4.78, 5) is 3.97. The van der Waals surface area contributed by atoms with Gasteiger partial charge < -0.3 is 4.57 Å². The van der Waals surface area contributed by atoms with Crippen LogP contribution >= 0.6 is 15.9 Å². The fourth-order valence-corrected chi connectivity index (χ4v) is 1.75. The minimum Gasteiger partial charge on any atom is -0.306 e. The van der Waals surface area contributed by atoms with E-state index in [2.05, 4.69) is 20.9 Å². The number of rotatable bonds is 2. The van der Waals surface area contributed by atoms with Gasteiger partial charge in [0.25, 0.3) is 0 Å². The van der Waals surface area contributed by atoms with Gasteiger partial charge in [0.1, 0.15) is 5.82 Å². The smallest absolute Gasteiger partial charge is 0.306 e. The minimum atomic E-state index is -4.71. The molecule has 2 aromatic rings. The minimum absolute atomic E-state index is 0.212. The zero-order valence-corrected chi connectivity index (χ0v) is 10.5. The van der Waals surface area contributed by atoms with Crippen molar-refractivity contribution in [1.29, 1.82) is 0 Å². The van der Waals surface area contributed by atoms with E-state index < -0.39 is 17.6 Å². The van der Waals surface area contributed by atoms with Crippen LogP contribution in [-0.4, -0.2) is 9.55 Å². The highest BCUT2D eigenvalue weighted by Gasteiger charge is 2.34. The third-order valence-electron chi connectivity index (χ3n) is 2.33. The van der Waals surface area contributed by atoms with E-state index in [0.29, 0.717) is 11.0 Å². The normalized spacial score (nSPS) is 11.8. The molecule has 0 aliphatic carbocycles. The molecule has 0 atom stereocenters. The Morgan fingerprint density at radius 3 is 2.56 bits per heavy atom. The Morgan fingerprint density at radius 2 is 2.00 bits per heavy atom. The van der Waals surface area contributed by atoms with Crippen molar-refractivity contribution in [1.82, 2.24) is 9.55 Å². The van der Waals surface area contributed by atoms with Gasteiger partial charge in [-0.1, -0.05) is 15.9 Å². The summed E-state index contributed by atoms with van der Waals surface area (Å²) >= 11 is 3.19. The molecule has 0 saturated carbocycles. The molecule has 18 heavy (non-hydrogen) atoms. The van der Waals surface area contributed by atoms with Gasteiger partial charge in [-0.3, -0.25) is 0 Å². The van der Waals surface area contributed by atoms with Crippen LogP contribution in [0.25, 0.3) is 5.69 Å². The van der Waals surface area contributed by atoms with Crippen LogP contribution in [0.15, 0.2) is 30.7 Å². The first-order valence-electron chi connectivity index (χ1n) is 4.88. The van der Waals surface area contributed by atoms with Gasteiger partial charge >= 0.3 is 6.18 Å². The Bertz CT molecular complexity index is 562. The molecule has 0 bridgehead atoms. The third-order valence-corrected chi connectivity index (χ3v) is 2.90. The van der Waals surface area contributed by atoms with Gasteiger partial charge in [-0.2, -0.15) is 13.2 Å². The molecule has 0 fully saturated rings. The molecule has 1 aromatic carbocycles. The van der Waals surface area contributed by atoms with Crippen molar-refractivity contribution in [3.05, 3.63) is 47.8 Å². The summed E-state index contributed by atoms with van der Waals surface area (Å²) < 4.78 is 52.1. The molecule has 0 saturated heterocycles. The quantitative estimate of drug-likeness (QED) is 0.605. The zero-order valence-electron chi connectivity index (χ0n) is 8.88. The lowest BCUT2D eigenvalue weighted by atomic mass is 10.2. The maximum Gasteiger partial charge on any atom is 0.419 e. The maximum atomic E-state index is 13.1. The van der Waals surface area contributed by atoms with Gasteiger partial charge in [0, 0.05) is 17.2 Å². The number of hydrogen-bond donors (Lipinski definition) is 0. The Hall–Kier alpha value is -1.37. The van der Waals surface area contributed by atoms with E-state index in [9.17, 15) is 17.6 Å². The maximum absolute atomic E-state index is 13.1. The van der Waals surface area contributed by atoms with Crippen molar-refractivity contribution in [3.8, 4) is 5.69 Å². The fraction of sp³-hybridized carbons (Fsp3) is 0.182. The van der Waals surface area contributed by atoms with E-state index in [1.54, 1.807) is 6.20 Å². The summed E-state index contributed by atoms with van der Waals surface area (Å²) in [6, 6.07) is 2.82. The van der Waals surface area contributed by atoms with Crippen LogP contribution in [0.5, 0.6) is 0 Å². The van der Waals surface area contributed by atoms with Gasteiger partial charge in [-0.05, 0) is 18.2 Å². The third kappa shape index (κ3) is 2.55. The molecule has 0 spiro atoms. The summed E-state index contributed by atoms with van der Waals surface area (Å²) in [5.74, 6) is -1.29. The molecular formula is C11H7BrF4N2. The molecule has 2 rings (SSSR count). The number of halogens is 5. The number of hydrogen-bond acceptors (Lipinski definition) is 1. The molecular weight excluding hydrogens is 316 g/mol. The average molecular weight is 323 g/mol. The second-order valence-electron chi connectivity index (χ2n) is 3.57. The molecule has 2 nitrogen and oxygen atoms in total. The number of alkyl halides is 4. The number of imidazole rings is 1. The van der Waals surface area contributed by atoms with E-state index in [0.717, 1.165) is 12.1 Å². The lowest BCUT2D eigenvalue weighted by molar-refractivity contribution is -0.140. The molecule has 0 radical (unpaired) electrons. The van der Waals surface area contributed by atoms with Gasteiger partial charge in [-0.15, -0.1) is 0 Å². The lowest BCUT2D eigenvalue weighted by Gasteiger charge is -2.10. The van der Waals surface area contributed by atoms with Crippen molar-refractivity contribution in [2.45, 2.75) is 11.5 Å². The van der Waals surface area contributed by atoms with Crippen LogP contribution in [0.2, 0.25) is 0 Å². The van der Waals surface area contributed by atoms with E-state index >= 15 is 0 Å². The van der Waals surface area contributed by atoms with E-state index in [1.807, 2.05) is 0 Å². The number of nitrogens with zero attached hydrogens (tertiary/aromatic N) is 2. The summed E-state index contributed by atoms with van der Waals surface area (Å²) in [7, 11) is 0. The summed E-state index contributed by atoms with van der Waals surface area (Å²) in [6.07, 6.45) is -1.76. The zero-order chi connectivity index (χ0) is 13.3. The van der Waals surface area contributed by atoms with Crippen molar-refractivity contribution in [3.63, 3.8) is 0 Å². The first-order valence-corrected chi connectivity index (χ1v) is 6.00. The van der Waals surface area contributed by atoms with E-state index in [-0.39, 0.29) is 5.69 Å². The molecule has 7 heteroatoms. The summed E-state index contributed by atoms with van der Waals surface area (Å²) in [5, 5.41) is 0.493. The first kappa shape index (κ1) is 13.1. The molecule has 0 aliphatic rings. The Morgan fingerprint density at radius 1 is 1.28 bits per heavy atom. The molecule has 0 aliphatic heterocycles. The Kier molecular flexibility index (Phi) is 3.43. The Balaban J connectivity index is 2.47. The highest BCUT2D eigenvalue weighted by molar-refractivity contribution is 9.08. The monoisotopic (exact) mass is 322 g/mol. The van der Waals surface area contributed by atoms with Gasteiger partial charge in [0.05, 0.1) is 17.6 Å². The van der Waals surface area contributed by atoms with Crippen LogP contribution < -0.4 is 0 Å². The van der Waals surface area contributed by atoms with Crippen LogP contribution in [0.4, 0.5) is 17.6 Å². The van der Waals surface area contributed by atoms with Crippen LogP contribution in [0, 0.1) is 5.82 Å². The van der Waals surface area contributed by atoms with Crippen molar-refractivity contribution < 1.29 is 17.6 Å². The van der Waals surface area contributed by atoms with Crippen molar-refractivity contribution in [2.24, 2.45) is 0 Å². The molecule has 96 valence electrons.